The van der Waals surface area contributed by atoms with Gasteiger partial charge in [0.25, 0.3) is 0 Å². The molecule has 1 aromatic heterocycles. The third-order valence-electron chi connectivity index (χ3n) is 7.83. The Hall–Kier alpha value is -3.16. The van der Waals surface area contributed by atoms with Crippen LogP contribution in [0.3, 0.4) is 0 Å². The topological polar surface area (TPSA) is 101 Å². The average Bonchev–Trinajstić information content (AvgIpc) is 3.74. The maximum Gasteiger partial charge on any atom is 0.0860 e. The second kappa shape index (κ2) is 15.2. The van der Waals surface area contributed by atoms with Crippen molar-refractivity contribution >= 4 is 52.4 Å². The summed E-state index contributed by atoms with van der Waals surface area (Å²) in [6, 6.07) is 26.2. The first-order chi connectivity index (χ1) is 21.6. The number of carbonyl (C=O) groups excluding carboxylic acids is 1. The Morgan fingerprint density at radius 2 is 1.72 bits per heavy atom. The summed E-state index contributed by atoms with van der Waals surface area (Å²) in [7, 11) is 0. The third kappa shape index (κ3) is 10.7. The number of rotatable bonds is 12. The molecule has 0 spiro atoms. The zero-order chi connectivity index (χ0) is 33.5. The van der Waals surface area contributed by atoms with E-state index in [-0.39, 0.29) is 22.6 Å². The van der Waals surface area contributed by atoms with Gasteiger partial charge in [-0.3, -0.25) is 0 Å². The minimum atomic E-state index is -0.981. The number of aliphatic hydroxyl groups is 1. The van der Waals surface area contributed by atoms with Crippen molar-refractivity contribution in [2.75, 3.05) is 5.75 Å². The summed E-state index contributed by atoms with van der Waals surface area (Å²) in [5.74, 6) is -0.0886. The van der Waals surface area contributed by atoms with Crippen molar-refractivity contribution in [3.63, 3.8) is 0 Å². The highest BCUT2D eigenvalue weighted by atomic mass is 35.5. The van der Waals surface area contributed by atoms with Crippen molar-refractivity contribution in [2.45, 2.75) is 83.1 Å². The zero-order valence-electron chi connectivity index (χ0n) is 27.7. The standard InChI is InChI=1S/C35H36ClNO3S.C4H11N/c1-34(2,40)30-11-4-3-8-25(30)10-6-20-41-33(35(18-19-35)23-32(38)39)27-9-5-7-24(21-27)12-16-29-17-14-26-13-15-28(36)22-31(26)37-29;1-4(2,3)5/h3-5,7-9,11-17,21-22,33,40H,6,10,18-20,23H2,1-2H3,(H,38,39);5H2,1-3H3/b16-12+;/t33-;/m0./s1. The fourth-order valence-corrected chi connectivity index (χ4v) is 7.34. The second-order valence-corrected chi connectivity index (χ2v) is 15.8. The van der Waals surface area contributed by atoms with Crippen LogP contribution in [0.1, 0.15) is 93.5 Å². The molecule has 7 heteroatoms. The molecule has 0 amide bonds. The van der Waals surface area contributed by atoms with E-state index in [0.717, 1.165) is 70.3 Å². The number of carbonyl (C=O) groups is 1. The molecule has 0 unspecified atom stereocenters. The van der Waals surface area contributed by atoms with E-state index in [1.54, 1.807) is 0 Å². The van der Waals surface area contributed by atoms with Gasteiger partial charge in [0.05, 0.1) is 22.4 Å². The van der Waals surface area contributed by atoms with E-state index in [1.165, 1.54) is 0 Å². The van der Waals surface area contributed by atoms with Crippen LogP contribution in [0.15, 0.2) is 78.9 Å². The summed E-state index contributed by atoms with van der Waals surface area (Å²) in [5.41, 5.74) is 8.87. The van der Waals surface area contributed by atoms with Gasteiger partial charge in [-0.2, -0.15) is 11.8 Å². The summed E-state index contributed by atoms with van der Waals surface area (Å²) in [4.78, 5) is 16.4. The zero-order valence-corrected chi connectivity index (χ0v) is 29.3. The number of thioether (sulfide) groups is 1. The molecule has 5 rings (SSSR count). The largest absolute Gasteiger partial charge is 0.550 e. The van der Waals surface area contributed by atoms with E-state index >= 15 is 0 Å². The maximum atomic E-state index is 11.7. The Kier molecular flexibility index (Phi) is 11.8. The van der Waals surface area contributed by atoms with Gasteiger partial charge in [0, 0.05) is 21.6 Å². The summed E-state index contributed by atoms with van der Waals surface area (Å²) >= 11 is 8.00. The number of pyridine rings is 1. The lowest BCUT2D eigenvalue weighted by Gasteiger charge is -2.28. The van der Waals surface area contributed by atoms with Crippen LogP contribution in [0.25, 0.3) is 23.1 Å². The summed E-state index contributed by atoms with van der Waals surface area (Å²) in [5, 5.41) is 24.1. The van der Waals surface area contributed by atoms with Gasteiger partial charge >= 0.3 is 0 Å². The SMILES string of the molecule is CC(C)(C)[NH3+].CC(C)(O)c1ccccc1CCCS[C@@H](c1cccc(/C=C/c2ccc3ccc(Cl)cc3n2)c1)C1(CC(=O)[O-])CC1. The Morgan fingerprint density at radius 1 is 1.02 bits per heavy atom. The van der Waals surface area contributed by atoms with Gasteiger partial charge in [0.15, 0.2) is 0 Å². The lowest BCUT2D eigenvalue weighted by atomic mass is 9.91. The molecule has 46 heavy (non-hydrogen) atoms. The Morgan fingerprint density at radius 3 is 2.39 bits per heavy atom. The number of aliphatic carboxylic acids is 1. The van der Waals surface area contributed by atoms with Crippen LogP contribution in [0.5, 0.6) is 0 Å². The van der Waals surface area contributed by atoms with E-state index in [9.17, 15) is 15.0 Å². The molecule has 1 saturated carbocycles. The number of aryl methyl sites for hydroxylation is 1. The van der Waals surface area contributed by atoms with Gasteiger partial charge in [-0.1, -0.05) is 78.3 Å². The van der Waals surface area contributed by atoms with E-state index in [4.69, 9.17) is 16.6 Å². The summed E-state index contributed by atoms with van der Waals surface area (Å²) in [6.07, 6.45) is 7.71. The number of halogens is 1. The Balaban J connectivity index is 0.000000892. The van der Waals surface area contributed by atoms with Gasteiger partial charge < -0.3 is 20.7 Å². The first-order valence-electron chi connectivity index (χ1n) is 15.9. The molecule has 1 atom stereocenters. The maximum absolute atomic E-state index is 11.7. The van der Waals surface area contributed by atoms with Crippen LogP contribution in [-0.2, 0) is 16.8 Å². The molecule has 3 aromatic carbocycles. The molecule has 0 bridgehead atoms. The van der Waals surface area contributed by atoms with Crippen molar-refractivity contribution in [3.8, 4) is 0 Å². The minimum absolute atomic E-state index is 0.0687. The van der Waals surface area contributed by atoms with E-state index < -0.39 is 11.6 Å². The molecule has 0 radical (unpaired) electrons. The number of fused-ring (bicyclic) bond motifs is 1. The lowest BCUT2D eigenvalue weighted by Crippen LogP contribution is -2.67. The highest BCUT2D eigenvalue weighted by molar-refractivity contribution is 7.99. The predicted octanol–water partition coefficient (Wildman–Crippen LogP) is 7.64. The molecular formula is C39H47ClN2O3S. The number of nitrogens with zero attached hydrogens (tertiary/aromatic N) is 1. The van der Waals surface area contributed by atoms with Gasteiger partial charge in [0.1, 0.15) is 0 Å². The number of quaternary nitrogens is 1. The summed E-state index contributed by atoms with van der Waals surface area (Å²) < 4.78 is 0. The van der Waals surface area contributed by atoms with Crippen LogP contribution in [0.4, 0.5) is 0 Å². The molecule has 1 aliphatic rings. The number of hydrogen-bond acceptors (Lipinski definition) is 5. The van der Waals surface area contributed by atoms with Gasteiger partial charge in [0.2, 0.25) is 0 Å². The number of carboxylic acid groups (broad SMARTS) is 1. The van der Waals surface area contributed by atoms with Crippen molar-refractivity contribution < 1.29 is 20.7 Å². The van der Waals surface area contributed by atoms with Crippen LogP contribution in [0, 0.1) is 5.41 Å². The Bertz CT molecular complexity index is 1660. The molecule has 5 nitrogen and oxygen atoms in total. The van der Waals surface area contributed by atoms with Crippen molar-refractivity contribution in [3.05, 3.63) is 112 Å². The first kappa shape index (κ1) is 35.7. The molecule has 0 saturated heterocycles. The molecule has 244 valence electrons. The molecule has 1 heterocycles. The van der Waals surface area contributed by atoms with E-state index in [1.807, 2.05) is 86.3 Å². The molecule has 1 fully saturated rings. The molecule has 4 aromatic rings. The first-order valence-corrected chi connectivity index (χ1v) is 17.4. The van der Waals surface area contributed by atoms with Crippen LogP contribution in [-0.4, -0.2) is 27.4 Å². The normalized spacial score (nSPS) is 15.0. The van der Waals surface area contributed by atoms with E-state index in [0.29, 0.717) is 5.02 Å². The third-order valence-corrected chi connectivity index (χ3v) is 9.70. The minimum Gasteiger partial charge on any atom is -0.550 e. The fourth-order valence-electron chi connectivity index (χ4n) is 5.61. The average molecular weight is 659 g/mol. The van der Waals surface area contributed by atoms with Crippen molar-refractivity contribution in [1.82, 2.24) is 4.98 Å². The van der Waals surface area contributed by atoms with Gasteiger partial charge in [-0.05, 0) is 124 Å². The predicted molar refractivity (Wildman–Crippen MR) is 191 cm³/mol. The van der Waals surface area contributed by atoms with Crippen molar-refractivity contribution in [2.24, 2.45) is 5.41 Å². The number of aromatic nitrogens is 1. The smallest absolute Gasteiger partial charge is 0.0860 e. The fraction of sp³-hybridized carbons (Fsp3) is 0.385. The highest BCUT2D eigenvalue weighted by Gasteiger charge is 2.49. The van der Waals surface area contributed by atoms with Gasteiger partial charge in [-0.25, -0.2) is 4.98 Å². The van der Waals surface area contributed by atoms with Crippen molar-refractivity contribution in [1.29, 1.82) is 0 Å². The number of benzene rings is 3. The second-order valence-electron chi connectivity index (χ2n) is 14.1. The van der Waals surface area contributed by atoms with Crippen LogP contribution in [0.2, 0.25) is 5.02 Å². The lowest BCUT2D eigenvalue weighted by molar-refractivity contribution is -0.458. The monoisotopic (exact) mass is 658 g/mol. The quantitative estimate of drug-likeness (QED) is 0.152. The van der Waals surface area contributed by atoms with Gasteiger partial charge in [-0.15, -0.1) is 0 Å². The van der Waals surface area contributed by atoms with Crippen LogP contribution < -0.4 is 10.8 Å². The molecule has 1 aliphatic carbocycles. The Labute approximate surface area is 283 Å². The van der Waals surface area contributed by atoms with Crippen LogP contribution >= 0.6 is 23.4 Å². The summed E-state index contributed by atoms with van der Waals surface area (Å²) in [6.45, 7) is 9.87. The molecular weight excluding hydrogens is 612 g/mol. The molecule has 0 aliphatic heterocycles. The number of hydrogen-bond donors (Lipinski definition) is 2. The highest BCUT2D eigenvalue weighted by Crippen LogP contribution is 2.62. The molecule has 4 N–H and O–H groups in total. The van der Waals surface area contributed by atoms with E-state index in [2.05, 4.69) is 56.8 Å². The number of carboxylic acids is 1.